The van der Waals surface area contributed by atoms with Gasteiger partial charge in [0.25, 0.3) is 0 Å². The highest BCUT2D eigenvalue weighted by Crippen LogP contribution is 2.40. The molecule has 0 spiro atoms. The Hall–Kier alpha value is -4.43. The minimum absolute atomic E-state index is 0.126. The van der Waals surface area contributed by atoms with Crippen LogP contribution in [0.2, 0.25) is 0 Å². The number of aromatic nitrogens is 1. The molecule has 2 aromatic heterocycles. The molecule has 0 atom stereocenters. The summed E-state index contributed by atoms with van der Waals surface area (Å²) in [5, 5.41) is 7.12. The van der Waals surface area contributed by atoms with E-state index in [4.69, 9.17) is 9.40 Å². The third kappa shape index (κ3) is 3.82. The van der Waals surface area contributed by atoms with Crippen molar-refractivity contribution in [3.63, 3.8) is 0 Å². The summed E-state index contributed by atoms with van der Waals surface area (Å²) in [6, 6.07) is 32.9. The summed E-state index contributed by atoms with van der Waals surface area (Å²) < 4.78 is 6.61. The Morgan fingerprint density at radius 1 is 0.564 bits per heavy atom. The molecule has 0 radical (unpaired) electrons. The van der Waals surface area contributed by atoms with Gasteiger partial charge in [0, 0.05) is 27.9 Å². The Balaban J connectivity index is 1.41. The smallest absolute Gasteiger partial charge is 0.144 e. The van der Waals surface area contributed by atoms with Crippen molar-refractivity contribution in [2.75, 3.05) is 0 Å². The molecule has 0 aliphatic carbocycles. The van der Waals surface area contributed by atoms with Crippen molar-refractivity contribution in [1.82, 2.24) is 4.98 Å². The molecule has 39 heavy (non-hydrogen) atoms. The van der Waals surface area contributed by atoms with E-state index in [0.717, 1.165) is 44.1 Å². The maximum Gasteiger partial charge on any atom is 0.144 e. The van der Waals surface area contributed by atoms with Crippen LogP contribution >= 0.6 is 0 Å². The second-order valence-electron chi connectivity index (χ2n) is 11.8. The summed E-state index contributed by atoms with van der Waals surface area (Å²) in [6.07, 6.45) is 1.99. The first-order chi connectivity index (χ1) is 18.8. The number of para-hydroxylation sites is 1. The van der Waals surface area contributed by atoms with Crippen LogP contribution in [0.4, 0.5) is 0 Å². The SMILES string of the molecule is Cc1cnc(-c2cccc3c2oc2c4ccccc4ccc32)cc1-c1cc2ccc(C(C)(C)C)cc2cc1C. The molecule has 0 aliphatic heterocycles. The van der Waals surface area contributed by atoms with Gasteiger partial charge in [-0.3, -0.25) is 4.98 Å². The van der Waals surface area contributed by atoms with Gasteiger partial charge in [0.05, 0.1) is 5.69 Å². The van der Waals surface area contributed by atoms with Crippen LogP contribution in [-0.2, 0) is 5.41 Å². The monoisotopic (exact) mass is 505 g/mol. The first kappa shape index (κ1) is 23.7. The van der Waals surface area contributed by atoms with Crippen LogP contribution in [0.25, 0.3) is 65.9 Å². The van der Waals surface area contributed by atoms with Gasteiger partial charge in [-0.25, -0.2) is 0 Å². The first-order valence-corrected chi connectivity index (χ1v) is 13.6. The van der Waals surface area contributed by atoms with Crippen molar-refractivity contribution >= 4 is 43.5 Å². The van der Waals surface area contributed by atoms with E-state index in [9.17, 15) is 0 Å². The fraction of sp³-hybridized carbons (Fsp3) is 0.162. The van der Waals surface area contributed by atoms with Crippen LogP contribution in [0.5, 0.6) is 0 Å². The van der Waals surface area contributed by atoms with Gasteiger partial charge in [0.1, 0.15) is 11.2 Å². The van der Waals surface area contributed by atoms with Crippen molar-refractivity contribution < 1.29 is 4.42 Å². The highest BCUT2D eigenvalue weighted by atomic mass is 16.3. The lowest BCUT2D eigenvalue weighted by Gasteiger charge is -2.20. The van der Waals surface area contributed by atoms with Crippen LogP contribution in [0.15, 0.2) is 102 Å². The molecule has 7 rings (SSSR count). The highest BCUT2D eigenvalue weighted by Gasteiger charge is 2.18. The molecule has 0 saturated carbocycles. The predicted molar refractivity (Wildman–Crippen MR) is 166 cm³/mol. The molecule has 7 aromatic rings. The maximum absolute atomic E-state index is 6.61. The normalized spacial score (nSPS) is 12.2. The van der Waals surface area contributed by atoms with Gasteiger partial charge in [0.2, 0.25) is 0 Å². The van der Waals surface area contributed by atoms with Crippen LogP contribution in [0, 0.1) is 13.8 Å². The van der Waals surface area contributed by atoms with E-state index >= 15 is 0 Å². The first-order valence-electron chi connectivity index (χ1n) is 13.6. The van der Waals surface area contributed by atoms with Crippen molar-refractivity contribution in [2.45, 2.75) is 40.0 Å². The fourth-order valence-corrected chi connectivity index (χ4v) is 5.86. The topological polar surface area (TPSA) is 26.0 Å². The van der Waals surface area contributed by atoms with E-state index in [1.165, 1.54) is 38.4 Å². The number of rotatable bonds is 2. The van der Waals surface area contributed by atoms with Gasteiger partial charge in [-0.2, -0.15) is 0 Å². The number of nitrogens with zero attached hydrogens (tertiary/aromatic N) is 1. The van der Waals surface area contributed by atoms with Crippen molar-refractivity contribution in [3.05, 3.63) is 114 Å². The number of fused-ring (bicyclic) bond motifs is 6. The summed E-state index contributed by atoms with van der Waals surface area (Å²) in [6.45, 7) is 11.2. The van der Waals surface area contributed by atoms with Crippen LogP contribution in [-0.4, -0.2) is 4.98 Å². The lowest BCUT2D eigenvalue weighted by atomic mass is 9.85. The van der Waals surface area contributed by atoms with Gasteiger partial charge in [-0.05, 0) is 87.5 Å². The van der Waals surface area contributed by atoms with E-state index in [0.29, 0.717) is 0 Å². The molecule has 0 saturated heterocycles. The fourth-order valence-electron chi connectivity index (χ4n) is 5.86. The number of pyridine rings is 1. The van der Waals surface area contributed by atoms with E-state index in [1.54, 1.807) is 0 Å². The Bertz CT molecular complexity index is 2070. The quantitative estimate of drug-likeness (QED) is 0.233. The van der Waals surface area contributed by atoms with E-state index in [1.807, 2.05) is 6.20 Å². The second kappa shape index (κ2) is 8.54. The average Bonchev–Trinajstić information content (AvgIpc) is 3.32. The number of aryl methyl sites for hydroxylation is 2. The minimum Gasteiger partial charge on any atom is -0.455 e. The van der Waals surface area contributed by atoms with Crippen molar-refractivity contribution in [2.24, 2.45) is 0 Å². The van der Waals surface area contributed by atoms with Gasteiger partial charge < -0.3 is 4.42 Å². The lowest BCUT2D eigenvalue weighted by Crippen LogP contribution is -2.10. The van der Waals surface area contributed by atoms with Crippen LogP contribution in [0.3, 0.4) is 0 Å². The summed E-state index contributed by atoms with van der Waals surface area (Å²) >= 11 is 0. The Labute approximate surface area is 228 Å². The Kier molecular flexibility index (Phi) is 5.18. The number of benzene rings is 5. The summed E-state index contributed by atoms with van der Waals surface area (Å²) in [4.78, 5) is 4.89. The van der Waals surface area contributed by atoms with Crippen molar-refractivity contribution in [3.8, 4) is 22.4 Å². The average molecular weight is 506 g/mol. The number of furan rings is 1. The van der Waals surface area contributed by atoms with E-state index in [2.05, 4.69) is 126 Å². The number of hydrogen-bond donors (Lipinski definition) is 0. The van der Waals surface area contributed by atoms with E-state index < -0.39 is 0 Å². The lowest BCUT2D eigenvalue weighted by molar-refractivity contribution is 0.591. The van der Waals surface area contributed by atoms with Gasteiger partial charge in [0.15, 0.2) is 0 Å². The third-order valence-electron chi connectivity index (χ3n) is 8.11. The zero-order valence-electron chi connectivity index (χ0n) is 23.1. The third-order valence-corrected chi connectivity index (χ3v) is 8.11. The number of hydrogen-bond acceptors (Lipinski definition) is 2. The van der Waals surface area contributed by atoms with Gasteiger partial charge in [-0.1, -0.05) is 87.5 Å². The Morgan fingerprint density at radius 2 is 1.31 bits per heavy atom. The molecule has 0 unspecified atom stereocenters. The van der Waals surface area contributed by atoms with Gasteiger partial charge in [-0.15, -0.1) is 0 Å². The second-order valence-corrected chi connectivity index (χ2v) is 11.8. The zero-order chi connectivity index (χ0) is 26.9. The molecule has 0 N–H and O–H groups in total. The molecule has 0 aliphatic rings. The van der Waals surface area contributed by atoms with E-state index in [-0.39, 0.29) is 5.41 Å². The molecular formula is C37H31NO. The molecular weight excluding hydrogens is 474 g/mol. The molecule has 2 heterocycles. The van der Waals surface area contributed by atoms with Crippen molar-refractivity contribution in [1.29, 1.82) is 0 Å². The zero-order valence-corrected chi connectivity index (χ0v) is 23.1. The standard InChI is InChI=1S/C37H31NO/c1-22-17-26-18-27(37(3,4)5)15-13-25(26)19-32(22)33-20-34(38-21-23(33)2)31-12-8-11-29-30-16-14-24-9-6-7-10-28(24)35(30)39-36(29)31/h6-21H,1-5H3. The van der Waals surface area contributed by atoms with Gasteiger partial charge >= 0.3 is 0 Å². The molecule has 5 aromatic carbocycles. The summed E-state index contributed by atoms with van der Waals surface area (Å²) in [5.41, 5.74) is 10.1. The Morgan fingerprint density at radius 3 is 2.15 bits per heavy atom. The van der Waals surface area contributed by atoms with Crippen LogP contribution < -0.4 is 0 Å². The molecule has 2 nitrogen and oxygen atoms in total. The highest BCUT2D eigenvalue weighted by molar-refractivity contribution is 6.17. The largest absolute Gasteiger partial charge is 0.455 e. The molecule has 2 heteroatoms. The van der Waals surface area contributed by atoms with Crippen LogP contribution in [0.1, 0.15) is 37.5 Å². The molecule has 0 amide bonds. The summed E-state index contributed by atoms with van der Waals surface area (Å²) in [5.74, 6) is 0. The molecule has 190 valence electrons. The molecule has 0 fully saturated rings. The maximum atomic E-state index is 6.61. The minimum atomic E-state index is 0.126. The molecule has 0 bridgehead atoms. The predicted octanol–water partition coefficient (Wildman–Crippen LogP) is 10.5. The summed E-state index contributed by atoms with van der Waals surface area (Å²) in [7, 11) is 0.